The summed E-state index contributed by atoms with van der Waals surface area (Å²) in [5.41, 5.74) is 7.77. The quantitative estimate of drug-likeness (QED) is 0.843. The number of benzene rings is 2. The fourth-order valence-electron chi connectivity index (χ4n) is 1.98. The van der Waals surface area contributed by atoms with Crippen LogP contribution in [0.1, 0.15) is 31.1 Å². The predicted octanol–water partition coefficient (Wildman–Crippen LogP) is 3.79. The highest BCUT2D eigenvalue weighted by molar-refractivity contribution is 6.30. The van der Waals surface area contributed by atoms with Gasteiger partial charge in [-0.2, -0.15) is 0 Å². The number of anilines is 1. The van der Waals surface area contributed by atoms with Gasteiger partial charge in [-0.15, -0.1) is 0 Å². The van der Waals surface area contributed by atoms with Gasteiger partial charge in [-0.1, -0.05) is 29.8 Å². The number of hydrogen-bond acceptors (Lipinski definition) is 3. The average molecular weight is 292 g/mol. The van der Waals surface area contributed by atoms with Gasteiger partial charge in [0.2, 0.25) is 0 Å². The van der Waals surface area contributed by atoms with Gasteiger partial charge < -0.3 is 15.6 Å². The fraction of sp³-hybridized carbons (Fsp3) is 0.250. The second-order valence-corrected chi connectivity index (χ2v) is 5.35. The van der Waals surface area contributed by atoms with Gasteiger partial charge in [0.1, 0.15) is 11.9 Å². The van der Waals surface area contributed by atoms with Crippen molar-refractivity contribution in [3.05, 3.63) is 58.6 Å². The van der Waals surface area contributed by atoms with Crippen LogP contribution in [0.5, 0.6) is 5.75 Å². The zero-order valence-electron chi connectivity index (χ0n) is 11.5. The highest BCUT2D eigenvalue weighted by atomic mass is 35.5. The second-order valence-electron chi connectivity index (χ2n) is 4.91. The summed E-state index contributed by atoms with van der Waals surface area (Å²) >= 11 is 5.86. The van der Waals surface area contributed by atoms with Gasteiger partial charge in [0.05, 0.1) is 6.10 Å². The van der Waals surface area contributed by atoms with E-state index in [9.17, 15) is 5.11 Å². The molecule has 3 N–H and O–H groups in total. The molecular formula is C16H18ClNO2. The number of nitrogen functional groups attached to an aromatic ring is 1. The van der Waals surface area contributed by atoms with Crippen molar-refractivity contribution >= 4 is 17.3 Å². The molecule has 1 atom stereocenters. The molecule has 0 aromatic heterocycles. The number of ether oxygens (including phenoxy) is 1. The predicted molar refractivity (Wildman–Crippen MR) is 82.1 cm³/mol. The number of aliphatic hydroxyl groups is 1. The Bertz CT molecular complexity index is 582. The molecule has 0 saturated carbocycles. The van der Waals surface area contributed by atoms with E-state index in [0.717, 1.165) is 11.3 Å². The van der Waals surface area contributed by atoms with Crippen LogP contribution in [0, 0.1) is 0 Å². The molecule has 2 aromatic rings. The van der Waals surface area contributed by atoms with E-state index >= 15 is 0 Å². The highest BCUT2D eigenvalue weighted by Crippen LogP contribution is 2.29. The van der Waals surface area contributed by atoms with Crippen molar-refractivity contribution in [1.29, 1.82) is 0 Å². The molecule has 0 bridgehead atoms. The Morgan fingerprint density at radius 1 is 1.10 bits per heavy atom. The molecule has 0 radical (unpaired) electrons. The summed E-state index contributed by atoms with van der Waals surface area (Å²) in [4.78, 5) is 0. The van der Waals surface area contributed by atoms with E-state index < -0.39 is 6.10 Å². The maximum Gasteiger partial charge on any atom is 0.119 e. The molecule has 4 heteroatoms. The van der Waals surface area contributed by atoms with E-state index in [1.54, 1.807) is 18.2 Å². The summed E-state index contributed by atoms with van der Waals surface area (Å²) in [6.07, 6.45) is -0.655. The third-order valence-electron chi connectivity index (χ3n) is 2.91. The molecule has 2 aromatic carbocycles. The number of hydrogen-bond donors (Lipinski definition) is 2. The van der Waals surface area contributed by atoms with Crippen molar-refractivity contribution in [3.63, 3.8) is 0 Å². The molecule has 106 valence electrons. The Labute approximate surface area is 123 Å². The van der Waals surface area contributed by atoms with E-state index in [-0.39, 0.29) is 6.10 Å². The molecule has 0 saturated heterocycles. The van der Waals surface area contributed by atoms with Gasteiger partial charge in [-0.25, -0.2) is 0 Å². The maximum atomic E-state index is 10.4. The van der Waals surface area contributed by atoms with Crippen LogP contribution in [0.25, 0.3) is 0 Å². The molecular weight excluding hydrogens is 274 g/mol. The molecule has 0 aliphatic carbocycles. The Morgan fingerprint density at radius 3 is 2.30 bits per heavy atom. The summed E-state index contributed by atoms with van der Waals surface area (Å²) in [5.74, 6) is 0.778. The smallest absolute Gasteiger partial charge is 0.119 e. The van der Waals surface area contributed by atoms with Crippen molar-refractivity contribution in [2.75, 3.05) is 5.73 Å². The number of nitrogens with two attached hydrogens (primary N) is 1. The molecule has 20 heavy (non-hydrogen) atoms. The van der Waals surface area contributed by atoms with E-state index in [1.807, 2.05) is 38.1 Å². The van der Waals surface area contributed by atoms with Gasteiger partial charge in [0, 0.05) is 16.3 Å². The fourth-order valence-corrected chi connectivity index (χ4v) is 2.16. The lowest BCUT2D eigenvalue weighted by molar-refractivity contribution is 0.220. The zero-order chi connectivity index (χ0) is 14.7. The van der Waals surface area contributed by atoms with Crippen LogP contribution < -0.4 is 10.5 Å². The molecule has 3 nitrogen and oxygen atoms in total. The van der Waals surface area contributed by atoms with Crippen molar-refractivity contribution in [2.45, 2.75) is 26.1 Å². The third kappa shape index (κ3) is 3.44. The Morgan fingerprint density at radius 2 is 1.75 bits per heavy atom. The normalized spacial score (nSPS) is 12.4. The third-order valence-corrected chi connectivity index (χ3v) is 3.15. The molecule has 1 unspecified atom stereocenters. The van der Waals surface area contributed by atoms with Gasteiger partial charge in [-0.05, 0) is 43.7 Å². The van der Waals surface area contributed by atoms with Crippen LogP contribution in [-0.2, 0) is 0 Å². The van der Waals surface area contributed by atoms with Crippen molar-refractivity contribution in [1.82, 2.24) is 0 Å². The lowest BCUT2D eigenvalue weighted by Gasteiger charge is -2.15. The minimum Gasteiger partial charge on any atom is -0.491 e. The lowest BCUT2D eigenvalue weighted by atomic mass is 10.00. The van der Waals surface area contributed by atoms with Crippen LogP contribution in [0.15, 0.2) is 42.5 Å². The zero-order valence-corrected chi connectivity index (χ0v) is 12.3. The van der Waals surface area contributed by atoms with Gasteiger partial charge in [0.25, 0.3) is 0 Å². The molecule has 2 rings (SSSR count). The summed E-state index contributed by atoms with van der Waals surface area (Å²) < 4.78 is 5.57. The number of aliphatic hydroxyl groups excluding tert-OH is 1. The first-order valence-corrected chi connectivity index (χ1v) is 6.85. The van der Waals surface area contributed by atoms with Crippen LogP contribution in [0.3, 0.4) is 0 Å². The van der Waals surface area contributed by atoms with Crippen LogP contribution in [0.4, 0.5) is 5.69 Å². The molecule has 0 fully saturated rings. The first kappa shape index (κ1) is 14.7. The maximum absolute atomic E-state index is 10.4. The lowest BCUT2D eigenvalue weighted by Crippen LogP contribution is -2.06. The highest BCUT2D eigenvalue weighted by Gasteiger charge is 2.14. The second kappa shape index (κ2) is 6.16. The molecule has 0 aliphatic rings. The Kier molecular flexibility index (Phi) is 4.53. The number of rotatable bonds is 4. The Balaban J connectivity index is 2.22. The number of halogens is 1. The van der Waals surface area contributed by atoms with Crippen molar-refractivity contribution in [3.8, 4) is 5.75 Å². The topological polar surface area (TPSA) is 55.5 Å². The summed E-state index contributed by atoms with van der Waals surface area (Å²) in [5, 5.41) is 10.9. The van der Waals surface area contributed by atoms with E-state index in [4.69, 9.17) is 22.1 Å². The largest absolute Gasteiger partial charge is 0.491 e. The molecule has 0 amide bonds. The summed E-state index contributed by atoms with van der Waals surface area (Å²) in [7, 11) is 0. The van der Waals surface area contributed by atoms with Gasteiger partial charge >= 0.3 is 0 Å². The van der Waals surface area contributed by atoms with E-state index in [1.165, 1.54) is 0 Å². The van der Waals surface area contributed by atoms with E-state index in [2.05, 4.69) is 0 Å². The summed E-state index contributed by atoms with van der Waals surface area (Å²) in [6, 6.07) is 12.4. The Hall–Kier alpha value is -1.71. The minimum atomic E-state index is -0.777. The standard InChI is InChI=1S/C16H18ClNO2/c1-10(2)20-13-6-3-11(4-7-13)16(19)14-8-5-12(17)9-15(14)18/h3-10,16,19H,18H2,1-2H3. The molecule has 0 heterocycles. The van der Waals surface area contributed by atoms with E-state index in [0.29, 0.717) is 16.3 Å². The first-order valence-electron chi connectivity index (χ1n) is 6.47. The SMILES string of the molecule is CC(C)Oc1ccc(C(O)c2ccc(Cl)cc2N)cc1. The minimum absolute atomic E-state index is 0.123. The van der Waals surface area contributed by atoms with Crippen LogP contribution in [0.2, 0.25) is 5.02 Å². The van der Waals surface area contributed by atoms with Gasteiger partial charge in [0.15, 0.2) is 0 Å². The monoisotopic (exact) mass is 291 g/mol. The van der Waals surface area contributed by atoms with Gasteiger partial charge in [-0.3, -0.25) is 0 Å². The van der Waals surface area contributed by atoms with Crippen molar-refractivity contribution in [2.24, 2.45) is 0 Å². The summed E-state index contributed by atoms with van der Waals surface area (Å²) in [6.45, 7) is 3.94. The van der Waals surface area contributed by atoms with Crippen molar-refractivity contribution < 1.29 is 9.84 Å². The first-order chi connectivity index (χ1) is 9.47. The average Bonchev–Trinajstić information content (AvgIpc) is 2.38. The van der Waals surface area contributed by atoms with Crippen LogP contribution in [-0.4, -0.2) is 11.2 Å². The molecule has 0 aliphatic heterocycles. The molecule has 0 spiro atoms. The van der Waals surface area contributed by atoms with Crippen LogP contribution >= 0.6 is 11.6 Å².